The zero-order valence-electron chi connectivity index (χ0n) is 42.8. The van der Waals surface area contributed by atoms with Crippen LogP contribution >= 0.6 is 15.2 Å². The van der Waals surface area contributed by atoms with Crippen molar-refractivity contribution in [3.05, 3.63) is 0 Å². The molecule has 0 amide bonds. The lowest BCUT2D eigenvalue weighted by atomic mass is 9.87. The van der Waals surface area contributed by atoms with Crippen molar-refractivity contribution in [2.75, 3.05) is 39.6 Å². The average Bonchev–Trinajstić information content (AvgIpc) is 3.09. The quantitative estimate of drug-likeness (QED) is 0.0308. The third kappa shape index (κ3) is 19.0. The first-order chi connectivity index (χ1) is 28.8. The predicted molar refractivity (Wildman–Crippen MR) is 244 cm³/mol. The highest BCUT2D eigenvalue weighted by atomic mass is 31.2. The van der Waals surface area contributed by atoms with E-state index in [1.165, 1.54) is 37.8 Å². The second-order valence-electron chi connectivity index (χ2n) is 21.2. The molecular weight excluding hydrogens is 874 g/mol. The summed E-state index contributed by atoms with van der Waals surface area (Å²) >= 11 is 0. The van der Waals surface area contributed by atoms with Crippen LogP contribution in [0.4, 0.5) is 0 Å². The number of carboxylic acid groups (broad SMARTS) is 2. The lowest BCUT2D eigenvalue weighted by molar-refractivity contribution is -0.271. The van der Waals surface area contributed by atoms with Crippen LogP contribution in [-0.2, 0) is 65.6 Å². The highest BCUT2D eigenvalue weighted by Gasteiger charge is 2.54. The molecule has 20 heteroatoms. The lowest BCUT2D eigenvalue weighted by Crippen LogP contribution is -2.56. The third-order valence-corrected chi connectivity index (χ3v) is 15.4. The van der Waals surface area contributed by atoms with Crippen molar-refractivity contribution in [1.29, 1.82) is 0 Å². The number of hydrogen-bond donors (Lipinski definition) is 2. The zero-order chi connectivity index (χ0) is 50.5. The molecule has 2 N–H and O–H groups in total. The van der Waals surface area contributed by atoms with Crippen LogP contribution in [0.5, 0.6) is 0 Å². The molecule has 0 aromatic carbocycles. The fourth-order valence-electron chi connectivity index (χ4n) is 6.59. The van der Waals surface area contributed by atoms with Crippen molar-refractivity contribution in [3.8, 4) is 0 Å². The molecule has 18 nitrogen and oxygen atoms in total. The first kappa shape index (κ1) is 62.0. The number of aliphatic carboxylic acids is 2. The Morgan fingerprint density at radius 2 is 0.734 bits per heavy atom. The van der Waals surface area contributed by atoms with Gasteiger partial charge >= 0.3 is 39.1 Å². The molecule has 0 saturated carbocycles. The van der Waals surface area contributed by atoms with E-state index in [0.717, 1.165) is 0 Å². The number of carbonyl (C=O) groups is 4. The van der Waals surface area contributed by atoms with Crippen molar-refractivity contribution in [3.63, 3.8) is 0 Å². The van der Waals surface area contributed by atoms with Crippen molar-refractivity contribution in [2.45, 2.75) is 199 Å². The molecule has 0 aromatic rings. The number of hydrogen-bond acceptors (Lipinski definition) is 16. The van der Waals surface area contributed by atoms with Crippen LogP contribution < -0.4 is 0 Å². The first-order valence-electron chi connectivity index (χ1n) is 22.3. The number of unbranched alkanes of at least 4 members (excludes halogenated alkanes) is 1. The Labute approximate surface area is 384 Å². The van der Waals surface area contributed by atoms with Gasteiger partial charge in [0, 0.05) is 23.9 Å². The van der Waals surface area contributed by atoms with Gasteiger partial charge in [-0.05, 0) is 121 Å². The smallest absolute Gasteiger partial charge is 0.350 e. The van der Waals surface area contributed by atoms with E-state index < -0.39 is 95.6 Å². The molecule has 378 valence electrons. The van der Waals surface area contributed by atoms with Gasteiger partial charge in [0.05, 0.1) is 50.5 Å². The second-order valence-corrected chi connectivity index (χ2v) is 25.4. The van der Waals surface area contributed by atoms with E-state index in [2.05, 4.69) is 0 Å². The maximum atomic E-state index is 14.4. The second kappa shape index (κ2) is 24.9. The average molecular weight is 961 g/mol. The standard InChI is InChI=1S/C44H86N2O16P2/c1-21-57-63(53,58-22-2)35(39(5,6)7)45(41(11,12)13)61-31(29-43(17,18)37(49)50)33(47)55-27-25-26-28-56-34(48)32(30-44(19,20)38(51)52)62-46(42(14,15)16)36(40(8,9)10)64(54,59-23-3)60-24-4/h31-32,35-36H,21-30H2,1-20H3,(H,49,50)(H,51,52). The normalized spacial score (nSPS) is 15.8. The van der Waals surface area contributed by atoms with Gasteiger partial charge in [-0.15, -0.1) is 0 Å². The molecule has 0 heterocycles. The monoisotopic (exact) mass is 961 g/mol. The Kier molecular flexibility index (Phi) is 24.1. The number of carbonyl (C=O) groups excluding carboxylic acids is 2. The summed E-state index contributed by atoms with van der Waals surface area (Å²) in [5.74, 6) is -6.17. The van der Waals surface area contributed by atoms with E-state index in [1.54, 1.807) is 69.2 Å². The number of esters is 2. The van der Waals surface area contributed by atoms with Crippen LogP contribution in [-0.4, -0.2) is 119 Å². The molecule has 64 heavy (non-hydrogen) atoms. The molecule has 0 spiro atoms. The molecule has 0 aliphatic carbocycles. The lowest BCUT2D eigenvalue weighted by Gasteiger charge is -2.48. The van der Waals surface area contributed by atoms with Gasteiger partial charge < -0.3 is 37.8 Å². The molecule has 4 unspecified atom stereocenters. The van der Waals surface area contributed by atoms with Crippen LogP contribution in [0, 0.1) is 21.7 Å². The first-order valence-corrected chi connectivity index (χ1v) is 25.5. The number of hydroxylamine groups is 4. The van der Waals surface area contributed by atoms with Gasteiger partial charge in [0.1, 0.15) is 11.6 Å². The number of carboxylic acids is 2. The van der Waals surface area contributed by atoms with E-state index in [-0.39, 0.29) is 65.3 Å². The number of ether oxygens (including phenoxy) is 2. The molecular formula is C44H86N2O16P2. The van der Waals surface area contributed by atoms with Crippen LogP contribution in [0.1, 0.15) is 164 Å². The molecule has 0 aromatic heterocycles. The Hall–Kier alpha value is -1.98. The Morgan fingerprint density at radius 1 is 0.484 bits per heavy atom. The van der Waals surface area contributed by atoms with Crippen LogP contribution in [0.3, 0.4) is 0 Å². The summed E-state index contributed by atoms with van der Waals surface area (Å²) in [6, 6.07) is 0. The summed E-state index contributed by atoms with van der Waals surface area (Å²) in [6.07, 6.45) is -3.16. The molecule has 0 aliphatic heterocycles. The van der Waals surface area contributed by atoms with Crippen molar-refractivity contribution in [2.24, 2.45) is 21.7 Å². The van der Waals surface area contributed by atoms with Gasteiger partial charge in [-0.1, -0.05) is 41.5 Å². The molecule has 0 radical (unpaired) electrons. The van der Waals surface area contributed by atoms with Gasteiger partial charge in [-0.2, -0.15) is 10.1 Å². The van der Waals surface area contributed by atoms with Gasteiger partial charge in [0.2, 0.25) is 0 Å². The summed E-state index contributed by atoms with van der Waals surface area (Å²) in [5, 5.41) is 22.9. The predicted octanol–water partition coefficient (Wildman–Crippen LogP) is 9.93. The zero-order valence-corrected chi connectivity index (χ0v) is 44.6. The topological polar surface area (TPSA) is 223 Å². The maximum absolute atomic E-state index is 14.4. The van der Waals surface area contributed by atoms with Crippen LogP contribution in [0.2, 0.25) is 0 Å². The van der Waals surface area contributed by atoms with E-state index >= 15 is 0 Å². The Morgan fingerprint density at radius 3 is 0.922 bits per heavy atom. The number of nitrogens with zero attached hydrogens (tertiary/aromatic N) is 2. The van der Waals surface area contributed by atoms with Crippen molar-refractivity contribution in [1.82, 2.24) is 10.1 Å². The molecule has 0 rings (SSSR count). The van der Waals surface area contributed by atoms with E-state index in [4.69, 9.17) is 37.2 Å². The fourth-order valence-corrected chi connectivity index (χ4v) is 12.0. The Balaban J connectivity index is 6.59. The minimum atomic E-state index is -3.94. The fraction of sp³-hybridized carbons (Fsp3) is 0.909. The van der Waals surface area contributed by atoms with Crippen molar-refractivity contribution >= 4 is 39.1 Å². The highest BCUT2D eigenvalue weighted by Crippen LogP contribution is 2.62. The third-order valence-electron chi connectivity index (χ3n) is 9.74. The van der Waals surface area contributed by atoms with Gasteiger partial charge in [0.25, 0.3) is 0 Å². The van der Waals surface area contributed by atoms with Gasteiger partial charge in [0.15, 0.2) is 12.2 Å². The SMILES string of the molecule is CCOP(=O)(OCC)C(N(OC(CC(C)(C)C(=O)O)C(=O)OCCCCOC(=O)C(CC(C)(C)C(=O)O)ON(C(C(C)(C)C)P(=O)(OCC)OCC)C(C)(C)C)C(C)(C)C)C(C)(C)C. The van der Waals surface area contributed by atoms with E-state index in [9.17, 15) is 38.5 Å². The summed E-state index contributed by atoms with van der Waals surface area (Å²) in [7, 11) is -7.88. The molecule has 0 bridgehead atoms. The maximum Gasteiger partial charge on any atom is 0.350 e. The van der Waals surface area contributed by atoms with Gasteiger partial charge in [-0.25, -0.2) is 9.59 Å². The molecule has 0 aliphatic rings. The van der Waals surface area contributed by atoms with Crippen LogP contribution in [0.25, 0.3) is 0 Å². The summed E-state index contributed by atoms with van der Waals surface area (Å²) in [4.78, 5) is 65.2. The molecule has 4 atom stereocenters. The Bertz CT molecular complexity index is 1460. The highest BCUT2D eigenvalue weighted by molar-refractivity contribution is 7.55. The minimum absolute atomic E-state index is 0.0713. The van der Waals surface area contributed by atoms with Crippen molar-refractivity contribution < 1.29 is 75.8 Å². The van der Waals surface area contributed by atoms with E-state index in [0.29, 0.717) is 0 Å². The summed E-state index contributed by atoms with van der Waals surface area (Å²) < 4.78 is 63.3. The molecule has 0 saturated heterocycles. The van der Waals surface area contributed by atoms with Gasteiger partial charge in [-0.3, -0.25) is 28.4 Å². The molecule has 0 fully saturated rings. The van der Waals surface area contributed by atoms with E-state index in [1.807, 2.05) is 41.5 Å². The summed E-state index contributed by atoms with van der Waals surface area (Å²) in [5.41, 5.74) is -6.33. The van der Waals surface area contributed by atoms with Crippen LogP contribution in [0.15, 0.2) is 0 Å². The summed E-state index contributed by atoms with van der Waals surface area (Å²) in [6.45, 7) is 34.3. The minimum Gasteiger partial charge on any atom is -0.481 e. The number of rotatable bonds is 29. The largest absolute Gasteiger partial charge is 0.481 e.